The largest absolute Gasteiger partial charge is 0.547 e. The van der Waals surface area contributed by atoms with Gasteiger partial charge in [0.05, 0.1) is 5.97 Å². The monoisotopic (exact) mass is 205 g/mol. The predicted octanol–water partition coefficient (Wildman–Crippen LogP) is 0.965. The molecule has 1 aliphatic rings. The van der Waals surface area contributed by atoms with Crippen molar-refractivity contribution in [2.24, 2.45) is 0 Å². The predicted molar refractivity (Wildman–Crippen MR) is 53.0 cm³/mol. The van der Waals surface area contributed by atoms with E-state index >= 15 is 0 Å². The Morgan fingerprint density at radius 1 is 1.53 bits per heavy atom. The zero-order valence-corrected chi connectivity index (χ0v) is 8.82. The summed E-state index contributed by atoms with van der Waals surface area (Å²) in [6, 6.07) is 7.67. The molecule has 2 unspecified atom stereocenters. The van der Waals surface area contributed by atoms with Crippen LogP contribution in [0.5, 0.6) is 0 Å². The molecule has 3 heteroatoms. The number of epoxide rings is 1. The SMILES string of the molecule is CCC1(C(=O)[O-])OC1c1ccccc1C. The topological polar surface area (TPSA) is 52.7 Å². The maximum atomic E-state index is 11.0. The van der Waals surface area contributed by atoms with Gasteiger partial charge in [0.25, 0.3) is 0 Å². The van der Waals surface area contributed by atoms with Crippen molar-refractivity contribution in [2.75, 3.05) is 0 Å². The summed E-state index contributed by atoms with van der Waals surface area (Å²) in [5, 5.41) is 11.0. The van der Waals surface area contributed by atoms with Crippen molar-refractivity contribution in [1.82, 2.24) is 0 Å². The fraction of sp³-hybridized carbons (Fsp3) is 0.417. The Kier molecular flexibility index (Phi) is 2.27. The first-order valence-electron chi connectivity index (χ1n) is 5.06. The van der Waals surface area contributed by atoms with Gasteiger partial charge in [-0.05, 0) is 24.5 Å². The van der Waals surface area contributed by atoms with Crippen LogP contribution in [0.4, 0.5) is 0 Å². The maximum absolute atomic E-state index is 11.0. The summed E-state index contributed by atoms with van der Waals surface area (Å²) < 4.78 is 5.32. The van der Waals surface area contributed by atoms with Gasteiger partial charge in [0.1, 0.15) is 11.7 Å². The Labute approximate surface area is 88.7 Å². The van der Waals surface area contributed by atoms with E-state index in [2.05, 4.69) is 0 Å². The van der Waals surface area contributed by atoms with Crippen molar-refractivity contribution in [3.8, 4) is 0 Å². The standard InChI is InChI=1S/C12H14O3/c1-3-12(11(13)14)10(15-12)9-7-5-4-6-8(9)2/h4-7,10H,3H2,1-2H3,(H,13,14)/p-1. The number of ether oxygens (including phenoxy) is 1. The fourth-order valence-electron chi connectivity index (χ4n) is 1.94. The summed E-state index contributed by atoms with van der Waals surface area (Å²) >= 11 is 0. The van der Waals surface area contributed by atoms with Crippen molar-refractivity contribution >= 4 is 5.97 Å². The lowest BCUT2D eigenvalue weighted by Gasteiger charge is -2.11. The number of aliphatic carboxylic acids is 1. The highest BCUT2D eigenvalue weighted by Crippen LogP contribution is 2.52. The molecule has 1 saturated heterocycles. The molecule has 2 rings (SSSR count). The van der Waals surface area contributed by atoms with Crippen molar-refractivity contribution < 1.29 is 14.6 Å². The smallest absolute Gasteiger partial charge is 0.138 e. The lowest BCUT2D eigenvalue weighted by Crippen LogP contribution is -2.38. The molecule has 0 aliphatic carbocycles. The molecule has 0 N–H and O–H groups in total. The summed E-state index contributed by atoms with van der Waals surface area (Å²) in [5.74, 6) is -1.11. The van der Waals surface area contributed by atoms with E-state index in [9.17, 15) is 9.90 Å². The van der Waals surface area contributed by atoms with Gasteiger partial charge in [-0.25, -0.2) is 0 Å². The van der Waals surface area contributed by atoms with Crippen LogP contribution in [0, 0.1) is 6.92 Å². The zero-order valence-electron chi connectivity index (χ0n) is 8.82. The summed E-state index contributed by atoms with van der Waals surface area (Å²) in [6.07, 6.45) is 0.0997. The molecule has 0 radical (unpaired) electrons. The molecule has 80 valence electrons. The van der Waals surface area contributed by atoms with Gasteiger partial charge in [0.2, 0.25) is 0 Å². The molecule has 1 aromatic rings. The Bertz CT molecular complexity index is 400. The molecule has 1 fully saturated rings. The van der Waals surface area contributed by atoms with Gasteiger partial charge in [0.15, 0.2) is 0 Å². The van der Waals surface area contributed by atoms with E-state index in [1.165, 1.54) is 0 Å². The van der Waals surface area contributed by atoms with E-state index < -0.39 is 11.6 Å². The number of hydrogen-bond acceptors (Lipinski definition) is 3. The van der Waals surface area contributed by atoms with Crippen LogP contribution in [0.1, 0.15) is 30.6 Å². The molecule has 1 aromatic carbocycles. The van der Waals surface area contributed by atoms with Gasteiger partial charge >= 0.3 is 0 Å². The molecule has 0 aromatic heterocycles. The van der Waals surface area contributed by atoms with E-state index in [1.807, 2.05) is 31.2 Å². The van der Waals surface area contributed by atoms with Crippen LogP contribution in [0.15, 0.2) is 24.3 Å². The first-order chi connectivity index (χ1) is 7.12. The van der Waals surface area contributed by atoms with Crippen LogP contribution in [0.3, 0.4) is 0 Å². The molecule has 0 saturated carbocycles. The van der Waals surface area contributed by atoms with Crippen LogP contribution in [0.2, 0.25) is 0 Å². The third-order valence-corrected chi connectivity index (χ3v) is 3.04. The first kappa shape index (κ1) is 10.2. The molecule has 2 atom stereocenters. The van der Waals surface area contributed by atoms with E-state index in [-0.39, 0.29) is 6.10 Å². The molecule has 3 nitrogen and oxygen atoms in total. The number of rotatable bonds is 3. The number of carboxylic acid groups (broad SMARTS) is 1. The van der Waals surface area contributed by atoms with Crippen LogP contribution in [-0.4, -0.2) is 11.6 Å². The third-order valence-electron chi connectivity index (χ3n) is 3.04. The number of carbonyl (C=O) groups is 1. The van der Waals surface area contributed by atoms with E-state index in [0.717, 1.165) is 11.1 Å². The third kappa shape index (κ3) is 1.43. The average molecular weight is 205 g/mol. The van der Waals surface area contributed by atoms with Crippen molar-refractivity contribution in [3.05, 3.63) is 35.4 Å². The van der Waals surface area contributed by atoms with E-state index in [1.54, 1.807) is 6.92 Å². The number of carboxylic acids is 1. The lowest BCUT2D eigenvalue weighted by molar-refractivity contribution is -0.312. The number of carbonyl (C=O) groups excluding carboxylic acids is 1. The highest BCUT2D eigenvalue weighted by atomic mass is 16.6. The summed E-state index contributed by atoms with van der Waals surface area (Å²) in [6.45, 7) is 3.75. The van der Waals surface area contributed by atoms with Gasteiger partial charge in [-0.1, -0.05) is 31.2 Å². The average Bonchev–Trinajstić information content (AvgIpc) is 2.94. The van der Waals surface area contributed by atoms with Gasteiger partial charge in [-0.2, -0.15) is 0 Å². The second kappa shape index (κ2) is 3.35. The summed E-state index contributed by atoms with van der Waals surface area (Å²) in [7, 11) is 0. The number of aryl methyl sites for hydroxylation is 1. The molecule has 1 aliphatic heterocycles. The maximum Gasteiger partial charge on any atom is 0.138 e. The molecule has 15 heavy (non-hydrogen) atoms. The molecule has 0 spiro atoms. The van der Waals surface area contributed by atoms with Gasteiger partial charge in [-0.3, -0.25) is 0 Å². The Morgan fingerprint density at radius 2 is 2.20 bits per heavy atom. The lowest BCUT2D eigenvalue weighted by atomic mass is 9.94. The van der Waals surface area contributed by atoms with Crippen molar-refractivity contribution in [1.29, 1.82) is 0 Å². The van der Waals surface area contributed by atoms with Crippen LogP contribution < -0.4 is 5.11 Å². The minimum atomic E-state index is -1.11. The van der Waals surface area contributed by atoms with Gasteiger partial charge < -0.3 is 14.6 Å². The quantitative estimate of drug-likeness (QED) is 0.691. The van der Waals surface area contributed by atoms with E-state index in [0.29, 0.717) is 6.42 Å². The Balaban J connectivity index is 2.30. The van der Waals surface area contributed by atoms with Crippen LogP contribution >= 0.6 is 0 Å². The molecule has 1 heterocycles. The van der Waals surface area contributed by atoms with Gasteiger partial charge in [-0.15, -0.1) is 0 Å². The number of hydrogen-bond donors (Lipinski definition) is 0. The second-order valence-corrected chi connectivity index (χ2v) is 3.88. The first-order valence-corrected chi connectivity index (χ1v) is 5.06. The van der Waals surface area contributed by atoms with Crippen LogP contribution in [0.25, 0.3) is 0 Å². The minimum Gasteiger partial charge on any atom is -0.547 e. The van der Waals surface area contributed by atoms with Crippen molar-refractivity contribution in [3.63, 3.8) is 0 Å². The highest BCUT2D eigenvalue weighted by Gasteiger charge is 2.57. The molecular formula is C12H13O3-. The number of benzene rings is 1. The molecule has 0 amide bonds. The van der Waals surface area contributed by atoms with Crippen LogP contribution in [-0.2, 0) is 9.53 Å². The van der Waals surface area contributed by atoms with Gasteiger partial charge in [0, 0.05) is 0 Å². The minimum absolute atomic E-state index is 0.339. The second-order valence-electron chi connectivity index (χ2n) is 3.88. The molecule has 0 bridgehead atoms. The zero-order chi connectivity index (χ0) is 11.1. The Hall–Kier alpha value is -1.35. The fourth-order valence-corrected chi connectivity index (χ4v) is 1.94. The van der Waals surface area contributed by atoms with E-state index in [4.69, 9.17) is 4.74 Å². The summed E-state index contributed by atoms with van der Waals surface area (Å²) in [4.78, 5) is 11.0. The highest BCUT2D eigenvalue weighted by molar-refractivity contribution is 5.80. The Morgan fingerprint density at radius 3 is 2.67 bits per heavy atom. The normalized spacial score (nSPS) is 28.8. The van der Waals surface area contributed by atoms with Crippen molar-refractivity contribution in [2.45, 2.75) is 32.0 Å². The summed E-state index contributed by atoms with van der Waals surface area (Å²) in [5.41, 5.74) is 0.911. The molecular weight excluding hydrogens is 192 g/mol.